The van der Waals surface area contributed by atoms with Gasteiger partial charge in [0.15, 0.2) is 0 Å². The fraction of sp³-hybridized carbons (Fsp3) is 0.389. The van der Waals surface area contributed by atoms with E-state index in [2.05, 4.69) is 27.7 Å². The van der Waals surface area contributed by atoms with Crippen molar-refractivity contribution in [2.75, 3.05) is 19.6 Å². The van der Waals surface area contributed by atoms with E-state index in [1.165, 1.54) is 28.6 Å². The summed E-state index contributed by atoms with van der Waals surface area (Å²) in [7, 11) is 0. The number of hydrogen-bond acceptors (Lipinski definition) is 4. The minimum Gasteiger partial charge on any atom is -0.348 e. The first-order valence-electron chi connectivity index (χ1n) is 8.11. The second-order valence-corrected chi connectivity index (χ2v) is 8.70. The molecule has 2 aliphatic rings. The molecule has 3 unspecified atom stereocenters. The van der Waals surface area contributed by atoms with E-state index in [0.717, 1.165) is 24.4 Å². The summed E-state index contributed by atoms with van der Waals surface area (Å²) in [6, 6.07) is 12.4. The fourth-order valence-electron chi connectivity index (χ4n) is 3.55. The largest absolute Gasteiger partial charge is 0.348 e. The van der Waals surface area contributed by atoms with Crippen molar-refractivity contribution in [3.63, 3.8) is 0 Å². The van der Waals surface area contributed by atoms with Crippen molar-refractivity contribution in [2.24, 2.45) is 5.92 Å². The number of rotatable bonds is 4. The van der Waals surface area contributed by atoms with Crippen LogP contribution in [0.25, 0.3) is 0 Å². The Labute approximate surface area is 145 Å². The lowest BCUT2D eigenvalue weighted by Crippen LogP contribution is -2.47. The summed E-state index contributed by atoms with van der Waals surface area (Å²) in [5.41, 5.74) is 0.758. The second-order valence-electron chi connectivity index (χ2n) is 6.38. The van der Waals surface area contributed by atoms with Crippen LogP contribution in [-0.2, 0) is 0 Å². The normalized spacial score (nSPS) is 26.2. The van der Waals surface area contributed by atoms with Crippen LogP contribution in [0, 0.1) is 5.92 Å². The van der Waals surface area contributed by atoms with Gasteiger partial charge in [-0.3, -0.25) is 4.79 Å². The number of nitrogens with one attached hydrogen (secondary N) is 1. The number of amides is 1. The monoisotopic (exact) mass is 344 g/mol. The molecule has 5 heteroatoms. The van der Waals surface area contributed by atoms with Gasteiger partial charge in [-0.1, -0.05) is 17.8 Å². The molecule has 2 aliphatic heterocycles. The molecule has 1 N–H and O–H groups in total. The summed E-state index contributed by atoms with van der Waals surface area (Å²) in [5, 5.41) is 5.30. The van der Waals surface area contributed by atoms with Crippen LogP contribution in [0.3, 0.4) is 0 Å². The summed E-state index contributed by atoms with van der Waals surface area (Å²) in [6.45, 7) is 3.43. The Morgan fingerprint density at radius 2 is 2.09 bits per heavy atom. The first kappa shape index (κ1) is 15.2. The molecule has 2 aromatic rings. The zero-order valence-electron chi connectivity index (χ0n) is 12.9. The average molecular weight is 345 g/mol. The molecule has 0 spiro atoms. The van der Waals surface area contributed by atoms with Crippen LogP contribution in [0.15, 0.2) is 50.9 Å². The number of nitrogens with zero attached hydrogens (tertiary/aromatic N) is 1. The maximum absolute atomic E-state index is 12.4. The van der Waals surface area contributed by atoms with Crippen molar-refractivity contribution in [3.8, 4) is 0 Å². The van der Waals surface area contributed by atoms with E-state index in [4.69, 9.17) is 0 Å². The first-order chi connectivity index (χ1) is 11.3. The molecule has 0 saturated carbocycles. The second kappa shape index (κ2) is 6.67. The maximum Gasteiger partial charge on any atom is 0.251 e. The number of hydrogen-bond donors (Lipinski definition) is 1. The van der Waals surface area contributed by atoms with Gasteiger partial charge < -0.3 is 10.2 Å². The minimum atomic E-state index is 0.0603. The number of carbonyl (C=O) groups excluding carboxylic acids is 1. The van der Waals surface area contributed by atoms with Gasteiger partial charge in [0.1, 0.15) is 0 Å². The number of benzene rings is 1. The van der Waals surface area contributed by atoms with E-state index < -0.39 is 0 Å². The molecule has 2 bridgehead atoms. The molecule has 0 aliphatic carbocycles. The van der Waals surface area contributed by atoms with Crippen LogP contribution < -0.4 is 5.32 Å². The Morgan fingerprint density at radius 1 is 1.22 bits per heavy atom. The molecule has 1 amide bonds. The van der Waals surface area contributed by atoms with Gasteiger partial charge in [-0.2, -0.15) is 0 Å². The summed E-state index contributed by atoms with van der Waals surface area (Å²) < 4.78 is 1.27. The van der Waals surface area contributed by atoms with Gasteiger partial charge >= 0.3 is 0 Å². The Hall–Kier alpha value is -1.30. The predicted molar refractivity (Wildman–Crippen MR) is 95.3 cm³/mol. The summed E-state index contributed by atoms with van der Waals surface area (Å²) in [5.74, 6) is 0.837. The molecule has 1 aromatic heterocycles. The highest BCUT2D eigenvalue weighted by Gasteiger charge is 2.32. The average Bonchev–Trinajstić information content (AvgIpc) is 3.18. The molecule has 23 heavy (non-hydrogen) atoms. The maximum atomic E-state index is 12.4. The third-order valence-electron chi connectivity index (χ3n) is 4.63. The van der Waals surface area contributed by atoms with E-state index >= 15 is 0 Å². The van der Waals surface area contributed by atoms with E-state index in [1.807, 2.05) is 24.3 Å². The first-order valence-corrected chi connectivity index (χ1v) is 9.80. The van der Waals surface area contributed by atoms with E-state index in [1.54, 1.807) is 23.1 Å². The van der Waals surface area contributed by atoms with Crippen molar-refractivity contribution in [1.82, 2.24) is 10.2 Å². The quantitative estimate of drug-likeness (QED) is 0.917. The summed E-state index contributed by atoms with van der Waals surface area (Å²) in [4.78, 5) is 16.1. The molecule has 4 rings (SSSR count). The van der Waals surface area contributed by atoms with Crippen LogP contribution in [0.5, 0.6) is 0 Å². The molecule has 120 valence electrons. The van der Waals surface area contributed by atoms with E-state index in [0.29, 0.717) is 6.04 Å². The molecule has 3 atom stereocenters. The number of fused-ring (bicyclic) bond motifs is 2. The minimum absolute atomic E-state index is 0.0603. The van der Waals surface area contributed by atoms with Gasteiger partial charge in [-0.25, -0.2) is 0 Å². The predicted octanol–water partition coefficient (Wildman–Crippen LogP) is 3.72. The lowest BCUT2D eigenvalue weighted by Gasteiger charge is -2.30. The van der Waals surface area contributed by atoms with Crippen molar-refractivity contribution in [2.45, 2.75) is 28.0 Å². The Kier molecular flexibility index (Phi) is 4.42. The summed E-state index contributed by atoms with van der Waals surface area (Å²) >= 11 is 3.48. The van der Waals surface area contributed by atoms with Gasteiger partial charge in [-0.15, -0.1) is 11.3 Å². The Morgan fingerprint density at radius 3 is 2.83 bits per heavy atom. The number of carbonyl (C=O) groups is 1. The lowest BCUT2D eigenvalue weighted by molar-refractivity contribution is 0.0909. The Balaban J connectivity index is 1.36. The van der Waals surface area contributed by atoms with Crippen LogP contribution in [-0.4, -0.2) is 36.5 Å². The third-order valence-corrected chi connectivity index (χ3v) is 6.68. The standard InChI is InChI=1S/C18H20N2OS2/c21-18(19-15-10-13-7-8-20(11-13)12-15)14-3-5-16(6-4-14)23-17-2-1-9-22-17/h1-6,9,13,15H,7-8,10-12H2,(H,19,21). The zero-order chi connectivity index (χ0) is 15.6. The molecule has 0 radical (unpaired) electrons. The highest BCUT2D eigenvalue weighted by atomic mass is 32.2. The molecular formula is C18H20N2OS2. The summed E-state index contributed by atoms with van der Waals surface area (Å²) in [6.07, 6.45) is 2.43. The van der Waals surface area contributed by atoms with Crippen LogP contribution in [0.1, 0.15) is 23.2 Å². The van der Waals surface area contributed by atoms with Crippen LogP contribution in [0.2, 0.25) is 0 Å². The van der Waals surface area contributed by atoms with Gasteiger partial charge in [0.05, 0.1) is 4.21 Å². The molecule has 3 nitrogen and oxygen atoms in total. The number of thiophene rings is 1. The molecule has 1 aromatic carbocycles. The van der Waals surface area contributed by atoms with Crippen molar-refractivity contribution in [3.05, 3.63) is 47.3 Å². The number of piperidine rings is 1. The van der Waals surface area contributed by atoms with Crippen LogP contribution >= 0.6 is 23.1 Å². The smallest absolute Gasteiger partial charge is 0.251 e. The molecule has 2 saturated heterocycles. The SMILES string of the molecule is O=C(NC1CC2CCN(C2)C1)c1ccc(Sc2cccs2)cc1. The molecule has 2 fully saturated rings. The van der Waals surface area contributed by atoms with Crippen LogP contribution in [0.4, 0.5) is 0 Å². The lowest BCUT2D eigenvalue weighted by atomic mass is 9.96. The molecular weight excluding hydrogens is 324 g/mol. The van der Waals surface area contributed by atoms with Gasteiger partial charge in [0.25, 0.3) is 5.91 Å². The molecule has 3 heterocycles. The van der Waals surface area contributed by atoms with Gasteiger partial charge in [0, 0.05) is 29.6 Å². The van der Waals surface area contributed by atoms with E-state index in [-0.39, 0.29) is 5.91 Å². The van der Waals surface area contributed by atoms with E-state index in [9.17, 15) is 4.79 Å². The third kappa shape index (κ3) is 3.62. The topological polar surface area (TPSA) is 32.3 Å². The van der Waals surface area contributed by atoms with Gasteiger partial charge in [-0.05, 0) is 61.0 Å². The van der Waals surface area contributed by atoms with Gasteiger partial charge in [0.2, 0.25) is 0 Å². The van der Waals surface area contributed by atoms with Crippen molar-refractivity contribution < 1.29 is 4.79 Å². The zero-order valence-corrected chi connectivity index (χ0v) is 14.5. The van der Waals surface area contributed by atoms with Crippen molar-refractivity contribution >= 4 is 29.0 Å². The van der Waals surface area contributed by atoms with Crippen molar-refractivity contribution in [1.29, 1.82) is 0 Å². The highest BCUT2D eigenvalue weighted by molar-refractivity contribution is 8.01. The fourth-order valence-corrected chi connectivity index (χ4v) is 5.29. The highest BCUT2D eigenvalue weighted by Crippen LogP contribution is 2.31. The Bertz CT molecular complexity index is 657.